The van der Waals surface area contributed by atoms with E-state index in [9.17, 15) is 5.26 Å². The molecule has 0 aromatic carbocycles. The van der Waals surface area contributed by atoms with Crippen molar-refractivity contribution in [1.82, 2.24) is 15.1 Å². The number of likely N-dealkylation sites (tertiary alicyclic amines) is 2. The van der Waals surface area contributed by atoms with Crippen LogP contribution in [0.4, 0.5) is 0 Å². The Morgan fingerprint density at radius 1 is 1.21 bits per heavy atom. The second-order valence-corrected chi connectivity index (χ2v) is 6.53. The molecular formula is C15H26N4. The van der Waals surface area contributed by atoms with Crippen LogP contribution in [0, 0.1) is 17.2 Å². The van der Waals surface area contributed by atoms with E-state index >= 15 is 0 Å². The van der Waals surface area contributed by atoms with Crippen LogP contribution in [0.25, 0.3) is 0 Å². The highest BCUT2D eigenvalue weighted by molar-refractivity contribution is 5.16. The first kappa shape index (κ1) is 13.4. The highest BCUT2D eigenvalue weighted by atomic mass is 15.3. The topological polar surface area (TPSA) is 42.3 Å². The number of hydrogen-bond acceptors (Lipinski definition) is 4. The Balaban J connectivity index is 1.57. The molecule has 0 aromatic heterocycles. The molecule has 2 heterocycles. The minimum atomic E-state index is -0.292. The summed E-state index contributed by atoms with van der Waals surface area (Å²) < 4.78 is 0. The average molecular weight is 262 g/mol. The first-order chi connectivity index (χ1) is 9.27. The van der Waals surface area contributed by atoms with E-state index in [1.807, 2.05) is 7.05 Å². The molecule has 2 saturated heterocycles. The van der Waals surface area contributed by atoms with Crippen molar-refractivity contribution in [3.63, 3.8) is 0 Å². The summed E-state index contributed by atoms with van der Waals surface area (Å²) in [5, 5.41) is 12.9. The van der Waals surface area contributed by atoms with Gasteiger partial charge >= 0.3 is 0 Å². The van der Waals surface area contributed by atoms with Gasteiger partial charge in [-0.3, -0.25) is 9.80 Å². The predicted molar refractivity (Wildman–Crippen MR) is 75.8 cm³/mol. The van der Waals surface area contributed by atoms with E-state index in [-0.39, 0.29) is 5.54 Å². The molecule has 0 radical (unpaired) electrons. The number of hydrogen-bond donors (Lipinski definition) is 1. The van der Waals surface area contributed by atoms with Crippen LogP contribution in [-0.2, 0) is 0 Å². The third-order valence-corrected chi connectivity index (χ3v) is 5.30. The van der Waals surface area contributed by atoms with Gasteiger partial charge in [-0.25, -0.2) is 0 Å². The SMILES string of the molecule is CNC(C#N)(CN1CCC(N2CCCC2)C1)C1CC1. The Hall–Kier alpha value is -0.630. The minimum Gasteiger partial charge on any atom is -0.301 e. The summed E-state index contributed by atoms with van der Waals surface area (Å²) >= 11 is 0. The second-order valence-electron chi connectivity index (χ2n) is 6.53. The molecule has 1 aliphatic carbocycles. The summed E-state index contributed by atoms with van der Waals surface area (Å²) in [5.41, 5.74) is -0.292. The van der Waals surface area contributed by atoms with Gasteiger partial charge in [-0.1, -0.05) is 0 Å². The lowest BCUT2D eigenvalue weighted by Gasteiger charge is -2.31. The molecule has 3 aliphatic rings. The summed E-state index contributed by atoms with van der Waals surface area (Å²) in [7, 11) is 1.95. The molecule has 2 aliphatic heterocycles. The van der Waals surface area contributed by atoms with E-state index in [1.54, 1.807) is 0 Å². The van der Waals surface area contributed by atoms with Crippen molar-refractivity contribution in [2.45, 2.75) is 43.7 Å². The standard InChI is InChI=1S/C15H26N4/c1-17-15(11-16,13-4-5-13)12-18-9-6-14(10-18)19-7-2-3-8-19/h13-14,17H,2-10,12H2,1H3. The number of rotatable bonds is 5. The van der Waals surface area contributed by atoms with Crippen molar-refractivity contribution < 1.29 is 0 Å². The zero-order valence-electron chi connectivity index (χ0n) is 12.1. The zero-order valence-corrected chi connectivity index (χ0v) is 12.1. The van der Waals surface area contributed by atoms with Crippen molar-refractivity contribution in [3.05, 3.63) is 0 Å². The smallest absolute Gasteiger partial charge is 0.122 e. The maximum absolute atomic E-state index is 9.58. The van der Waals surface area contributed by atoms with Gasteiger partial charge < -0.3 is 5.32 Å². The number of likely N-dealkylation sites (N-methyl/N-ethyl adjacent to an activating group) is 1. The molecule has 1 saturated carbocycles. The second kappa shape index (κ2) is 5.40. The third kappa shape index (κ3) is 2.65. The van der Waals surface area contributed by atoms with Gasteiger partial charge in [0.25, 0.3) is 0 Å². The third-order valence-electron chi connectivity index (χ3n) is 5.30. The van der Waals surface area contributed by atoms with Crippen LogP contribution in [0.2, 0.25) is 0 Å². The highest BCUT2D eigenvalue weighted by Crippen LogP contribution is 2.40. The molecule has 2 atom stereocenters. The fourth-order valence-electron chi connectivity index (χ4n) is 3.88. The Bertz CT molecular complexity index is 354. The van der Waals surface area contributed by atoms with Crippen LogP contribution < -0.4 is 5.32 Å². The molecule has 4 nitrogen and oxygen atoms in total. The molecule has 3 rings (SSSR count). The van der Waals surface area contributed by atoms with Gasteiger partial charge in [0.05, 0.1) is 6.07 Å². The molecule has 2 unspecified atom stereocenters. The lowest BCUT2D eigenvalue weighted by atomic mass is 9.94. The van der Waals surface area contributed by atoms with Gasteiger partial charge in [0, 0.05) is 19.1 Å². The Morgan fingerprint density at radius 3 is 2.53 bits per heavy atom. The van der Waals surface area contributed by atoms with Crippen molar-refractivity contribution >= 4 is 0 Å². The maximum Gasteiger partial charge on any atom is 0.122 e. The van der Waals surface area contributed by atoms with Gasteiger partial charge in [-0.15, -0.1) is 0 Å². The van der Waals surface area contributed by atoms with Crippen molar-refractivity contribution in [1.29, 1.82) is 5.26 Å². The van der Waals surface area contributed by atoms with Crippen LogP contribution >= 0.6 is 0 Å². The van der Waals surface area contributed by atoms with Gasteiger partial charge in [0.15, 0.2) is 0 Å². The van der Waals surface area contributed by atoms with Crippen LogP contribution in [0.15, 0.2) is 0 Å². The van der Waals surface area contributed by atoms with Gasteiger partial charge in [0.2, 0.25) is 0 Å². The number of nitrogens with zero attached hydrogens (tertiary/aromatic N) is 3. The largest absolute Gasteiger partial charge is 0.301 e. The molecule has 0 bridgehead atoms. The van der Waals surface area contributed by atoms with E-state index in [1.165, 1.54) is 51.7 Å². The van der Waals surface area contributed by atoms with Gasteiger partial charge in [0.1, 0.15) is 5.54 Å². The van der Waals surface area contributed by atoms with E-state index in [4.69, 9.17) is 0 Å². The van der Waals surface area contributed by atoms with Crippen molar-refractivity contribution in [2.75, 3.05) is 39.8 Å². The van der Waals surface area contributed by atoms with Crippen molar-refractivity contribution in [2.24, 2.45) is 5.92 Å². The minimum absolute atomic E-state index is 0.292. The Kier molecular flexibility index (Phi) is 3.79. The molecule has 0 aromatic rings. The molecule has 0 amide bonds. The van der Waals surface area contributed by atoms with Gasteiger partial charge in [-0.2, -0.15) is 5.26 Å². The van der Waals surface area contributed by atoms with E-state index in [2.05, 4.69) is 21.2 Å². The Morgan fingerprint density at radius 2 is 1.95 bits per heavy atom. The number of nitriles is 1. The van der Waals surface area contributed by atoms with E-state index < -0.39 is 0 Å². The van der Waals surface area contributed by atoms with Crippen LogP contribution in [0.1, 0.15) is 32.1 Å². The van der Waals surface area contributed by atoms with Crippen LogP contribution in [0.5, 0.6) is 0 Å². The quantitative estimate of drug-likeness (QED) is 0.804. The normalized spacial score (nSPS) is 32.3. The first-order valence-corrected chi connectivity index (χ1v) is 7.84. The molecular weight excluding hydrogens is 236 g/mol. The Labute approximate surface area is 116 Å². The van der Waals surface area contributed by atoms with Crippen LogP contribution in [-0.4, -0.2) is 61.2 Å². The fraction of sp³-hybridized carbons (Fsp3) is 0.933. The van der Waals surface area contributed by atoms with Gasteiger partial charge in [-0.05, 0) is 64.7 Å². The maximum atomic E-state index is 9.58. The zero-order chi connectivity index (χ0) is 13.3. The lowest BCUT2D eigenvalue weighted by molar-refractivity contribution is 0.203. The fourth-order valence-corrected chi connectivity index (χ4v) is 3.88. The predicted octanol–water partition coefficient (Wildman–Crippen LogP) is 1.05. The summed E-state index contributed by atoms with van der Waals surface area (Å²) in [4.78, 5) is 5.17. The molecule has 19 heavy (non-hydrogen) atoms. The number of nitrogens with one attached hydrogen (secondary N) is 1. The molecule has 3 fully saturated rings. The molecule has 4 heteroatoms. The summed E-state index contributed by atoms with van der Waals surface area (Å²) in [6.45, 7) is 5.82. The average Bonchev–Trinajstić information content (AvgIpc) is 2.97. The van der Waals surface area contributed by atoms with E-state index in [0.717, 1.165) is 19.1 Å². The highest BCUT2D eigenvalue weighted by Gasteiger charge is 2.46. The summed E-state index contributed by atoms with van der Waals surface area (Å²) in [6, 6.07) is 3.32. The molecule has 1 N–H and O–H groups in total. The first-order valence-electron chi connectivity index (χ1n) is 7.84. The van der Waals surface area contributed by atoms with Crippen LogP contribution in [0.3, 0.4) is 0 Å². The lowest BCUT2D eigenvalue weighted by Crippen LogP contribution is -2.53. The summed E-state index contributed by atoms with van der Waals surface area (Å²) in [5.74, 6) is 0.577. The van der Waals surface area contributed by atoms with Crippen molar-refractivity contribution in [3.8, 4) is 6.07 Å². The molecule has 0 spiro atoms. The van der Waals surface area contributed by atoms with E-state index in [0.29, 0.717) is 5.92 Å². The summed E-state index contributed by atoms with van der Waals surface area (Å²) in [6.07, 6.45) is 6.47. The molecule has 106 valence electrons. The monoisotopic (exact) mass is 262 g/mol.